The predicted molar refractivity (Wildman–Crippen MR) is 85.8 cm³/mol. The maximum absolute atomic E-state index is 12.1. The van der Waals surface area contributed by atoms with Gasteiger partial charge in [0.15, 0.2) is 10.2 Å². The maximum atomic E-state index is 12.1. The van der Waals surface area contributed by atoms with Gasteiger partial charge in [-0.15, -0.1) is 11.3 Å². The molecule has 0 radical (unpaired) electrons. The molecule has 0 aliphatic carbocycles. The Labute approximate surface area is 135 Å². The van der Waals surface area contributed by atoms with Crippen LogP contribution in [0.1, 0.15) is 18.6 Å². The van der Waals surface area contributed by atoms with Crippen molar-refractivity contribution in [3.05, 3.63) is 36.0 Å². The number of carbonyl (C=O) groups is 1. The molecule has 1 atom stereocenters. The highest BCUT2D eigenvalue weighted by atomic mass is 32.2. The highest BCUT2D eigenvalue weighted by molar-refractivity contribution is 8.02. The van der Waals surface area contributed by atoms with E-state index in [9.17, 15) is 4.79 Å². The van der Waals surface area contributed by atoms with Crippen molar-refractivity contribution in [1.29, 1.82) is 0 Å². The van der Waals surface area contributed by atoms with Crippen LogP contribution in [-0.4, -0.2) is 26.3 Å². The van der Waals surface area contributed by atoms with E-state index in [0.29, 0.717) is 11.7 Å². The van der Waals surface area contributed by atoms with E-state index in [-0.39, 0.29) is 17.7 Å². The van der Waals surface area contributed by atoms with Crippen molar-refractivity contribution in [2.45, 2.75) is 30.0 Å². The van der Waals surface area contributed by atoms with Gasteiger partial charge in [0.25, 0.3) is 0 Å². The summed E-state index contributed by atoms with van der Waals surface area (Å²) < 4.78 is 6.87. The molecular formula is C14H14N4O2S2. The van der Waals surface area contributed by atoms with Crippen LogP contribution in [0.5, 0.6) is 0 Å². The van der Waals surface area contributed by atoms with Gasteiger partial charge in [-0.2, -0.15) is 4.98 Å². The van der Waals surface area contributed by atoms with Crippen LogP contribution in [0.15, 0.2) is 33.1 Å². The summed E-state index contributed by atoms with van der Waals surface area (Å²) in [6, 6.07) is 7.94. The summed E-state index contributed by atoms with van der Waals surface area (Å²) in [7, 11) is 0. The minimum Gasteiger partial charge on any atom is -0.348 e. The number of aromatic nitrogens is 3. The standard InChI is InChI=1S/C14H14N4O2S2/c1-8(13(19)15-7-12-16-9(2)20-18-12)21-14-17-10-5-3-4-6-11(10)22-14/h3-6,8H,7H2,1-2H3,(H,15,19)/t8-/m0/s1. The van der Waals surface area contributed by atoms with Gasteiger partial charge in [0.2, 0.25) is 11.8 Å². The number of carbonyl (C=O) groups excluding carboxylic acids is 1. The smallest absolute Gasteiger partial charge is 0.233 e. The molecule has 3 rings (SSSR count). The van der Waals surface area contributed by atoms with Gasteiger partial charge in [-0.05, 0) is 19.1 Å². The number of hydrogen-bond donors (Lipinski definition) is 1. The fraction of sp³-hybridized carbons (Fsp3) is 0.286. The minimum absolute atomic E-state index is 0.0771. The maximum Gasteiger partial charge on any atom is 0.233 e. The highest BCUT2D eigenvalue weighted by Crippen LogP contribution is 2.31. The summed E-state index contributed by atoms with van der Waals surface area (Å²) >= 11 is 3.04. The number of hydrogen-bond acceptors (Lipinski definition) is 7. The molecule has 1 amide bonds. The molecule has 22 heavy (non-hydrogen) atoms. The van der Waals surface area contributed by atoms with Crippen LogP contribution < -0.4 is 5.32 Å². The van der Waals surface area contributed by atoms with Crippen LogP contribution in [0.3, 0.4) is 0 Å². The third-order valence-electron chi connectivity index (χ3n) is 2.91. The molecule has 0 saturated carbocycles. The van der Waals surface area contributed by atoms with E-state index >= 15 is 0 Å². The lowest BCUT2D eigenvalue weighted by Gasteiger charge is -2.08. The van der Waals surface area contributed by atoms with Gasteiger partial charge < -0.3 is 9.84 Å². The van der Waals surface area contributed by atoms with Gasteiger partial charge in [0.1, 0.15) is 0 Å². The first kappa shape index (κ1) is 15.0. The zero-order chi connectivity index (χ0) is 15.5. The van der Waals surface area contributed by atoms with Crippen LogP contribution in [0.2, 0.25) is 0 Å². The molecule has 0 bridgehead atoms. The van der Waals surface area contributed by atoms with Crippen molar-refractivity contribution in [2.75, 3.05) is 0 Å². The molecule has 114 valence electrons. The average Bonchev–Trinajstić information content (AvgIpc) is 3.09. The quantitative estimate of drug-likeness (QED) is 0.723. The lowest BCUT2D eigenvalue weighted by Crippen LogP contribution is -2.30. The van der Waals surface area contributed by atoms with E-state index in [1.54, 1.807) is 18.3 Å². The number of benzene rings is 1. The van der Waals surface area contributed by atoms with Gasteiger partial charge in [-0.3, -0.25) is 4.79 Å². The molecule has 1 N–H and O–H groups in total. The third-order valence-corrected chi connectivity index (χ3v) is 5.14. The number of amides is 1. The fourth-order valence-electron chi connectivity index (χ4n) is 1.83. The van der Waals surface area contributed by atoms with E-state index in [1.165, 1.54) is 11.8 Å². The number of rotatable bonds is 5. The lowest BCUT2D eigenvalue weighted by molar-refractivity contribution is -0.120. The Morgan fingerprint density at radius 2 is 2.23 bits per heavy atom. The second-order valence-corrected chi connectivity index (χ2v) is 7.27. The Morgan fingerprint density at radius 3 is 2.95 bits per heavy atom. The van der Waals surface area contributed by atoms with Crippen molar-refractivity contribution < 1.29 is 9.32 Å². The predicted octanol–water partition coefficient (Wildman–Crippen LogP) is 2.78. The van der Waals surface area contributed by atoms with Crippen molar-refractivity contribution >= 4 is 39.2 Å². The van der Waals surface area contributed by atoms with Crippen molar-refractivity contribution in [3.8, 4) is 0 Å². The molecular weight excluding hydrogens is 320 g/mol. The largest absolute Gasteiger partial charge is 0.348 e. The van der Waals surface area contributed by atoms with Crippen LogP contribution in [-0.2, 0) is 11.3 Å². The summed E-state index contributed by atoms with van der Waals surface area (Å²) in [4.78, 5) is 20.7. The minimum atomic E-state index is -0.242. The molecule has 2 aromatic heterocycles. The number of nitrogens with zero attached hydrogens (tertiary/aromatic N) is 3. The van der Waals surface area contributed by atoms with Crippen LogP contribution in [0, 0.1) is 6.92 Å². The van der Waals surface area contributed by atoms with Crippen molar-refractivity contribution in [1.82, 2.24) is 20.4 Å². The molecule has 0 aliphatic rings. The van der Waals surface area contributed by atoms with Gasteiger partial charge >= 0.3 is 0 Å². The van der Waals surface area contributed by atoms with E-state index in [4.69, 9.17) is 4.52 Å². The van der Waals surface area contributed by atoms with Gasteiger partial charge in [0, 0.05) is 6.92 Å². The Kier molecular flexibility index (Phi) is 4.39. The molecule has 0 aliphatic heterocycles. The van der Waals surface area contributed by atoms with E-state index in [0.717, 1.165) is 14.6 Å². The van der Waals surface area contributed by atoms with Crippen molar-refractivity contribution in [2.24, 2.45) is 0 Å². The summed E-state index contributed by atoms with van der Waals surface area (Å²) in [6.45, 7) is 3.83. The first-order valence-corrected chi connectivity index (χ1v) is 8.40. The SMILES string of the molecule is Cc1nc(CNC(=O)[C@H](C)Sc2nc3ccccc3s2)no1. The van der Waals surface area contributed by atoms with E-state index in [2.05, 4.69) is 20.4 Å². The van der Waals surface area contributed by atoms with Crippen LogP contribution in [0.4, 0.5) is 0 Å². The normalized spacial score (nSPS) is 12.5. The molecule has 6 nitrogen and oxygen atoms in total. The second kappa shape index (κ2) is 6.45. The second-order valence-electron chi connectivity index (χ2n) is 4.66. The molecule has 0 unspecified atom stereocenters. The first-order chi connectivity index (χ1) is 10.6. The van der Waals surface area contributed by atoms with Gasteiger partial charge in [0.05, 0.1) is 22.0 Å². The Morgan fingerprint density at radius 1 is 1.41 bits per heavy atom. The number of para-hydroxylation sites is 1. The summed E-state index contributed by atoms with van der Waals surface area (Å²) in [5, 5.41) is 6.30. The van der Waals surface area contributed by atoms with Crippen LogP contribution in [0.25, 0.3) is 10.2 Å². The zero-order valence-electron chi connectivity index (χ0n) is 12.1. The van der Waals surface area contributed by atoms with Gasteiger partial charge in [-0.1, -0.05) is 29.1 Å². The molecule has 3 aromatic rings. The average molecular weight is 334 g/mol. The highest BCUT2D eigenvalue weighted by Gasteiger charge is 2.17. The number of nitrogens with one attached hydrogen (secondary N) is 1. The summed E-state index contributed by atoms with van der Waals surface area (Å²) in [6.07, 6.45) is 0. The number of thioether (sulfide) groups is 1. The van der Waals surface area contributed by atoms with E-state index in [1.807, 2.05) is 31.2 Å². The van der Waals surface area contributed by atoms with Crippen molar-refractivity contribution in [3.63, 3.8) is 0 Å². The number of thiazole rings is 1. The summed E-state index contributed by atoms with van der Waals surface area (Å²) in [5.74, 6) is 0.885. The Balaban J connectivity index is 1.58. The number of aryl methyl sites for hydroxylation is 1. The zero-order valence-corrected chi connectivity index (χ0v) is 13.7. The number of fused-ring (bicyclic) bond motifs is 1. The Bertz CT molecular complexity index is 766. The third kappa shape index (κ3) is 3.45. The topological polar surface area (TPSA) is 80.9 Å². The van der Waals surface area contributed by atoms with Crippen LogP contribution >= 0.6 is 23.1 Å². The molecule has 0 fully saturated rings. The molecule has 0 spiro atoms. The molecule has 0 saturated heterocycles. The molecule has 2 heterocycles. The monoisotopic (exact) mass is 334 g/mol. The first-order valence-electron chi connectivity index (χ1n) is 6.71. The lowest BCUT2D eigenvalue weighted by atomic mass is 10.3. The molecule has 8 heteroatoms. The van der Waals surface area contributed by atoms with E-state index < -0.39 is 0 Å². The summed E-state index contributed by atoms with van der Waals surface area (Å²) in [5.41, 5.74) is 0.963. The Hall–Kier alpha value is -1.93. The fourth-order valence-corrected chi connectivity index (χ4v) is 4.06. The molecule has 1 aromatic carbocycles. The van der Waals surface area contributed by atoms with Gasteiger partial charge in [-0.25, -0.2) is 4.98 Å².